The third-order valence-corrected chi connectivity index (χ3v) is 4.12. The summed E-state index contributed by atoms with van der Waals surface area (Å²) >= 11 is 11.9. The van der Waals surface area contributed by atoms with Crippen LogP contribution < -0.4 is 0 Å². The number of likely N-dealkylation sites (tertiary alicyclic amines) is 1. The van der Waals surface area contributed by atoms with Gasteiger partial charge in [0.2, 0.25) is 0 Å². The van der Waals surface area contributed by atoms with Crippen LogP contribution in [0.15, 0.2) is 12.1 Å². The lowest BCUT2D eigenvalue weighted by Crippen LogP contribution is -2.46. The summed E-state index contributed by atoms with van der Waals surface area (Å²) < 4.78 is 0. The molecule has 0 spiro atoms. The molecule has 2 unspecified atom stereocenters. The van der Waals surface area contributed by atoms with Gasteiger partial charge in [-0.25, -0.2) is 4.98 Å². The van der Waals surface area contributed by atoms with Crippen molar-refractivity contribution in [3.05, 3.63) is 28.0 Å². The average Bonchev–Trinajstić information content (AvgIpc) is 2.37. The minimum atomic E-state index is -0.256. The van der Waals surface area contributed by atoms with Crippen LogP contribution in [0.3, 0.4) is 0 Å². The van der Waals surface area contributed by atoms with E-state index >= 15 is 0 Å². The highest BCUT2D eigenvalue weighted by atomic mass is 35.5. The first-order valence-electron chi connectivity index (χ1n) is 6.84. The Labute approximate surface area is 124 Å². The molecule has 1 N–H and O–H groups in total. The molecule has 1 saturated heterocycles. The van der Waals surface area contributed by atoms with Crippen LogP contribution in [-0.2, 0) is 6.54 Å². The summed E-state index contributed by atoms with van der Waals surface area (Å²) in [4.78, 5) is 6.29. The first-order chi connectivity index (χ1) is 9.10. The maximum Gasteiger partial charge on any atom is 0.131 e. The highest BCUT2D eigenvalue weighted by molar-refractivity contribution is 6.32. The second-order valence-corrected chi connectivity index (χ2v) is 5.90. The molecule has 5 heteroatoms. The third-order valence-electron chi connectivity index (χ3n) is 3.73. The molecule has 1 aliphatic rings. The van der Waals surface area contributed by atoms with Crippen molar-refractivity contribution in [2.45, 2.75) is 51.3 Å². The number of hydrogen-bond donors (Lipinski definition) is 1. The Morgan fingerprint density at radius 3 is 2.68 bits per heavy atom. The van der Waals surface area contributed by atoms with E-state index in [0.717, 1.165) is 31.5 Å². The normalized spacial score (nSPS) is 22.4. The van der Waals surface area contributed by atoms with Crippen LogP contribution in [0.1, 0.15) is 38.2 Å². The van der Waals surface area contributed by atoms with E-state index < -0.39 is 0 Å². The number of halogens is 2. The fourth-order valence-electron chi connectivity index (χ4n) is 2.76. The maximum absolute atomic E-state index is 10.1. The predicted molar refractivity (Wildman–Crippen MR) is 78.6 cm³/mol. The molecule has 0 bridgehead atoms. The molecule has 2 heterocycles. The molecule has 2 rings (SSSR count). The largest absolute Gasteiger partial charge is 0.392 e. The van der Waals surface area contributed by atoms with Crippen molar-refractivity contribution in [1.29, 1.82) is 0 Å². The van der Waals surface area contributed by atoms with Crippen LogP contribution >= 0.6 is 23.2 Å². The van der Waals surface area contributed by atoms with Gasteiger partial charge >= 0.3 is 0 Å². The molecule has 0 radical (unpaired) electrons. The van der Waals surface area contributed by atoms with Gasteiger partial charge in [0, 0.05) is 12.6 Å². The van der Waals surface area contributed by atoms with E-state index in [1.165, 1.54) is 12.8 Å². The van der Waals surface area contributed by atoms with E-state index in [9.17, 15) is 5.11 Å². The predicted octanol–water partition coefficient (Wildman–Crippen LogP) is 3.51. The van der Waals surface area contributed by atoms with Crippen LogP contribution in [0, 0.1) is 0 Å². The van der Waals surface area contributed by atoms with E-state index in [1.54, 1.807) is 0 Å². The van der Waals surface area contributed by atoms with Crippen LogP contribution in [0.5, 0.6) is 0 Å². The number of aromatic nitrogens is 1. The molecule has 0 saturated carbocycles. The molecule has 3 nitrogen and oxygen atoms in total. The quantitative estimate of drug-likeness (QED) is 0.865. The first-order valence-corrected chi connectivity index (χ1v) is 7.60. The van der Waals surface area contributed by atoms with Gasteiger partial charge in [0.25, 0.3) is 0 Å². The number of rotatable bonds is 4. The number of aliphatic hydroxyl groups is 1. The Kier molecular flexibility index (Phi) is 5.46. The number of nitrogens with zero attached hydrogens (tertiary/aromatic N) is 2. The zero-order chi connectivity index (χ0) is 13.8. The van der Waals surface area contributed by atoms with E-state index in [1.807, 2.05) is 19.1 Å². The molecule has 0 aliphatic carbocycles. The Morgan fingerprint density at radius 2 is 2.05 bits per heavy atom. The van der Waals surface area contributed by atoms with Crippen LogP contribution in [0.2, 0.25) is 10.3 Å². The molecule has 106 valence electrons. The molecular weight excluding hydrogens is 283 g/mol. The molecule has 0 aromatic carbocycles. The van der Waals surface area contributed by atoms with Crippen molar-refractivity contribution in [3.8, 4) is 0 Å². The molecule has 1 aliphatic heterocycles. The van der Waals surface area contributed by atoms with Gasteiger partial charge in [0.05, 0.1) is 6.10 Å². The summed E-state index contributed by atoms with van der Waals surface area (Å²) in [6.45, 7) is 3.81. The lowest BCUT2D eigenvalue weighted by atomic mass is 9.95. The van der Waals surface area contributed by atoms with Gasteiger partial charge in [0.1, 0.15) is 10.3 Å². The van der Waals surface area contributed by atoms with Gasteiger partial charge in [-0.3, -0.25) is 4.90 Å². The highest BCUT2D eigenvalue weighted by Gasteiger charge is 2.27. The Balaban J connectivity index is 2.10. The van der Waals surface area contributed by atoms with Gasteiger partial charge < -0.3 is 5.11 Å². The maximum atomic E-state index is 10.1. The molecule has 2 atom stereocenters. The van der Waals surface area contributed by atoms with Crippen molar-refractivity contribution in [1.82, 2.24) is 9.88 Å². The van der Waals surface area contributed by atoms with E-state index in [0.29, 0.717) is 10.3 Å². The van der Waals surface area contributed by atoms with E-state index in [-0.39, 0.29) is 12.1 Å². The molecule has 1 aromatic rings. The van der Waals surface area contributed by atoms with Crippen molar-refractivity contribution >= 4 is 23.2 Å². The topological polar surface area (TPSA) is 36.4 Å². The minimum absolute atomic E-state index is 0.240. The average molecular weight is 303 g/mol. The van der Waals surface area contributed by atoms with Gasteiger partial charge in [0.15, 0.2) is 0 Å². The summed E-state index contributed by atoms with van der Waals surface area (Å²) in [5.41, 5.74) is 1.06. The van der Waals surface area contributed by atoms with Crippen LogP contribution in [-0.4, -0.2) is 33.7 Å². The monoisotopic (exact) mass is 302 g/mol. The van der Waals surface area contributed by atoms with Crippen molar-refractivity contribution < 1.29 is 5.11 Å². The van der Waals surface area contributed by atoms with Gasteiger partial charge in [-0.2, -0.15) is 0 Å². The Bertz CT molecular complexity index is 408. The third kappa shape index (κ3) is 4.06. The summed E-state index contributed by atoms with van der Waals surface area (Å²) in [6.07, 6.45) is 3.96. The second-order valence-electron chi connectivity index (χ2n) is 5.13. The number of piperidine rings is 1. The van der Waals surface area contributed by atoms with Crippen molar-refractivity contribution in [2.75, 3.05) is 6.54 Å². The summed E-state index contributed by atoms with van der Waals surface area (Å²) in [6, 6.07) is 3.93. The molecule has 1 aromatic heterocycles. The minimum Gasteiger partial charge on any atom is -0.392 e. The Hall–Kier alpha value is -0.350. The Morgan fingerprint density at radius 1 is 1.37 bits per heavy atom. The smallest absolute Gasteiger partial charge is 0.131 e. The van der Waals surface area contributed by atoms with Crippen molar-refractivity contribution in [2.24, 2.45) is 0 Å². The fraction of sp³-hybridized carbons (Fsp3) is 0.643. The van der Waals surface area contributed by atoms with Gasteiger partial charge in [-0.05, 0) is 43.5 Å². The lowest BCUT2D eigenvalue weighted by Gasteiger charge is -2.38. The standard InChI is InChI=1S/C14H20Cl2N2O/c1-2-12(19)11-5-3-4-6-18(11)9-10-7-13(15)17-14(16)8-10/h7-8,11-12,19H,2-6,9H2,1H3. The summed E-state index contributed by atoms with van der Waals surface area (Å²) in [5.74, 6) is 0. The van der Waals surface area contributed by atoms with E-state index in [2.05, 4.69) is 9.88 Å². The van der Waals surface area contributed by atoms with Crippen LogP contribution in [0.25, 0.3) is 0 Å². The molecule has 1 fully saturated rings. The first kappa shape index (κ1) is 15.0. The number of aliphatic hydroxyl groups excluding tert-OH is 1. The van der Waals surface area contributed by atoms with E-state index in [4.69, 9.17) is 23.2 Å². The zero-order valence-corrected chi connectivity index (χ0v) is 12.7. The number of pyridine rings is 1. The fourth-order valence-corrected chi connectivity index (χ4v) is 3.27. The second kappa shape index (κ2) is 6.89. The van der Waals surface area contributed by atoms with Gasteiger partial charge in [-0.1, -0.05) is 36.5 Å². The zero-order valence-electron chi connectivity index (χ0n) is 11.1. The van der Waals surface area contributed by atoms with Crippen LogP contribution in [0.4, 0.5) is 0 Å². The molecular formula is C14H20Cl2N2O. The summed E-state index contributed by atoms with van der Waals surface area (Å²) in [7, 11) is 0. The molecule has 19 heavy (non-hydrogen) atoms. The van der Waals surface area contributed by atoms with Crippen molar-refractivity contribution in [3.63, 3.8) is 0 Å². The number of hydrogen-bond acceptors (Lipinski definition) is 3. The lowest BCUT2D eigenvalue weighted by molar-refractivity contribution is 0.0195. The van der Waals surface area contributed by atoms with Gasteiger partial charge in [-0.15, -0.1) is 0 Å². The summed E-state index contributed by atoms with van der Waals surface area (Å²) in [5, 5.41) is 11.0. The highest BCUT2D eigenvalue weighted by Crippen LogP contribution is 2.24. The molecule has 0 amide bonds. The SMILES string of the molecule is CCC(O)C1CCCCN1Cc1cc(Cl)nc(Cl)c1.